The molecule has 0 atom stereocenters. The van der Waals surface area contributed by atoms with Gasteiger partial charge in [-0.25, -0.2) is 4.98 Å². The van der Waals surface area contributed by atoms with Gasteiger partial charge in [-0.1, -0.05) is 23.7 Å². The molecule has 1 aromatic carbocycles. The van der Waals surface area contributed by atoms with Crippen LogP contribution >= 0.6 is 22.9 Å². The van der Waals surface area contributed by atoms with E-state index in [0.717, 1.165) is 28.7 Å². The molecular weight excluding hydrogens is 380 g/mol. The van der Waals surface area contributed by atoms with Gasteiger partial charge in [0.05, 0.1) is 16.5 Å². The molecule has 1 N–H and O–H groups in total. The van der Waals surface area contributed by atoms with Gasteiger partial charge in [0.1, 0.15) is 5.69 Å². The number of thiophene rings is 1. The van der Waals surface area contributed by atoms with Gasteiger partial charge in [0.25, 0.3) is 5.91 Å². The number of fused-ring (bicyclic) bond motifs is 1. The molecule has 4 rings (SSSR count). The van der Waals surface area contributed by atoms with E-state index in [-0.39, 0.29) is 5.91 Å². The first-order chi connectivity index (χ1) is 13.2. The second-order valence-electron chi connectivity index (χ2n) is 6.32. The molecule has 0 spiro atoms. The first-order valence-electron chi connectivity index (χ1n) is 8.76. The molecule has 0 aliphatic carbocycles. The quantitative estimate of drug-likeness (QED) is 0.468. The summed E-state index contributed by atoms with van der Waals surface area (Å²) in [4.78, 5) is 16.8. The Kier molecular flexibility index (Phi) is 5.27. The second-order valence-corrected chi connectivity index (χ2v) is 7.71. The zero-order valence-corrected chi connectivity index (χ0v) is 16.2. The van der Waals surface area contributed by atoms with E-state index in [1.807, 2.05) is 41.1 Å². The molecule has 0 radical (unpaired) electrons. The van der Waals surface area contributed by atoms with Crippen molar-refractivity contribution in [2.45, 2.75) is 19.5 Å². The lowest BCUT2D eigenvalue weighted by atomic mass is 10.2. The number of aromatic nitrogens is 3. The minimum atomic E-state index is -0.0435. The number of aryl methyl sites for hydroxylation is 1. The molecule has 3 aromatic heterocycles. The lowest BCUT2D eigenvalue weighted by Gasteiger charge is -2.11. The topological polar surface area (TPSA) is 51.9 Å². The minimum absolute atomic E-state index is 0.0435. The van der Waals surface area contributed by atoms with Gasteiger partial charge in [-0.2, -0.15) is 0 Å². The third-order valence-electron chi connectivity index (χ3n) is 4.45. The van der Waals surface area contributed by atoms with E-state index < -0.39 is 0 Å². The van der Waals surface area contributed by atoms with E-state index in [9.17, 15) is 4.79 Å². The van der Waals surface area contributed by atoms with Crippen molar-refractivity contribution in [3.8, 4) is 0 Å². The summed E-state index contributed by atoms with van der Waals surface area (Å²) in [5.74, 6) is -0.0435. The molecule has 0 saturated heterocycles. The monoisotopic (exact) mass is 398 g/mol. The van der Waals surface area contributed by atoms with Crippen LogP contribution in [-0.2, 0) is 13.1 Å². The van der Waals surface area contributed by atoms with Crippen molar-refractivity contribution in [2.24, 2.45) is 0 Å². The fourth-order valence-corrected chi connectivity index (χ4v) is 4.03. The Balaban J connectivity index is 1.47. The van der Waals surface area contributed by atoms with Crippen LogP contribution in [0.4, 0.5) is 0 Å². The molecule has 0 bridgehead atoms. The van der Waals surface area contributed by atoms with Crippen LogP contribution in [0, 0.1) is 0 Å². The van der Waals surface area contributed by atoms with Crippen molar-refractivity contribution < 1.29 is 4.79 Å². The highest BCUT2D eigenvalue weighted by Gasteiger charge is 2.16. The molecule has 0 aliphatic rings. The van der Waals surface area contributed by atoms with E-state index in [2.05, 4.69) is 26.3 Å². The van der Waals surface area contributed by atoms with Gasteiger partial charge >= 0.3 is 0 Å². The van der Waals surface area contributed by atoms with Crippen molar-refractivity contribution in [3.63, 3.8) is 0 Å². The Labute approximate surface area is 166 Å². The molecule has 0 fully saturated rings. The summed E-state index contributed by atoms with van der Waals surface area (Å²) in [6.45, 7) is 2.09. The Hall–Kier alpha value is -2.57. The molecule has 27 heavy (non-hydrogen) atoms. The van der Waals surface area contributed by atoms with Crippen LogP contribution in [0.1, 0.15) is 22.5 Å². The normalized spacial score (nSPS) is 11.1. The molecular formula is C20H19ClN4OS. The van der Waals surface area contributed by atoms with Crippen LogP contribution in [-0.4, -0.2) is 26.6 Å². The second kappa shape index (κ2) is 7.98. The minimum Gasteiger partial charge on any atom is -0.351 e. The number of halogens is 1. The van der Waals surface area contributed by atoms with Gasteiger partial charge in [-0.3, -0.25) is 4.79 Å². The number of imidazole rings is 1. The highest BCUT2D eigenvalue weighted by atomic mass is 35.5. The van der Waals surface area contributed by atoms with Crippen LogP contribution in [0.2, 0.25) is 5.02 Å². The third kappa shape index (κ3) is 4.07. The number of amides is 1. The molecule has 138 valence electrons. The first kappa shape index (κ1) is 17.8. The smallest absolute Gasteiger partial charge is 0.267 e. The SMILES string of the molecule is O=C(NCCCn1ccnc1)c1cc2sccc2n1Cc1ccc(Cl)cc1. The maximum Gasteiger partial charge on any atom is 0.267 e. The van der Waals surface area contributed by atoms with Crippen molar-refractivity contribution in [3.05, 3.63) is 76.8 Å². The van der Waals surface area contributed by atoms with Crippen molar-refractivity contribution >= 4 is 39.1 Å². The van der Waals surface area contributed by atoms with E-state index in [0.29, 0.717) is 23.8 Å². The van der Waals surface area contributed by atoms with Gasteiger partial charge in [0, 0.05) is 37.1 Å². The van der Waals surface area contributed by atoms with Crippen molar-refractivity contribution in [1.29, 1.82) is 0 Å². The summed E-state index contributed by atoms with van der Waals surface area (Å²) in [5.41, 5.74) is 2.88. The summed E-state index contributed by atoms with van der Waals surface area (Å²) in [5, 5.41) is 5.80. The van der Waals surface area contributed by atoms with Crippen molar-refractivity contribution in [2.75, 3.05) is 6.54 Å². The molecule has 0 saturated carbocycles. The predicted octanol–water partition coefficient (Wildman–Crippen LogP) is 4.42. The third-order valence-corrected chi connectivity index (χ3v) is 5.55. The predicted molar refractivity (Wildman–Crippen MR) is 110 cm³/mol. The summed E-state index contributed by atoms with van der Waals surface area (Å²) in [6, 6.07) is 11.8. The Morgan fingerprint density at radius 3 is 2.85 bits per heavy atom. The molecule has 3 heterocycles. The van der Waals surface area contributed by atoms with Gasteiger partial charge in [0.15, 0.2) is 0 Å². The van der Waals surface area contributed by atoms with E-state index in [1.54, 1.807) is 23.9 Å². The molecule has 5 nitrogen and oxygen atoms in total. The molecule has 1 amide bonds. The summed E-state index contributed by atoms with van der Waals surface area (Å²) in [7, 11) is 0. The van der Waals surface area contributed by atoms with Gasteiger partial charge in [-0.05, 0) is 41.6 Å². The summed E-state index contributed by atoms with van der Waals surface area (Å²) in [6.07, 6.45) is 6.32. The average Bonchev–Trinajstić information content (AvgIpc) is 3.39. The molecule has 4 aromatic rings. The summed E-state index contributed by atoms with van der Waals surface area (Å²) >= 11 is 7.63. The van der Waals surface area contributed by atoms with Crippen LogP contribution in [0.25, 0.3) is 10.2 Å². The largest absolute Gasteiger partial charge is 0.351 e. The number of carbonyl (C=O) groups excluding carboxylic acids is 1. The Bertz CT molecular complexity index is 1030. The highest BCUT2D eigenvalue weighted by Crippen LogP contribution is 2.26. The van der Waals surface area contributed by atoms with E-state index in [1.165, 1.54) is 0 Å². The Morgan fingerprint density at radius 1 is 1.22 bits per heavy atom. The van der Waals surface area contributed by atoms with Crippen LogP contribution in [0.3, 0.4) is 0 Å². The number of hydrogen-bond donors (Lipinski definition) is 1. The first-order valence-corrected chi connectivity index (χ1v) is 10.0. The van der Waals surface area contributed by atoms with Gasteiger partial charge in [0.2, 0.25) is 0 Å². The standard InChI is InChI=1S/C20H19ClN4OS/c21-16-4-2-15(3-5-16)13-25-17-6-11-27-19(17)12-18(25)20(26)23-7-1-9-24-10-8-22-14-24/h2-6,8,10-12,14H,1,7,9,13H2,(H,23,26). The average molecular weight is 399 g/mol. The highest BCUT2D eigenvalue weighted by molar-refractivity contribution is 7.17. The maximum absolute atomic E-state index is 12.8. The number of benzene rings is 1. The van der Waals surface area contributed by atoms with Gasteiger partial charge < -0.3 is 14.5 Å². The fraction of sp³-hybridized carbons (Fsp3) is 0.200. The number of carbonyl (C=O) groups is 1. The van der Waals surface area contributed by atoms with Crippen molar-refractivity contribution in [1.82, 2.24) is 19.4 Å². The van der Waals surface area contributed by atoms with E-state index >= 15 is 0 Å². The number of nitrogens with one attached hydrogen (secondary N) is 1. The van der Waals surface area contributed by atoms with Crippen LogP contribution < -0.4 is 5.32 Å². The zero-order chi connectivity index (χ0) is 18.6. The number of hydrogen-bond acceptors (Lipinski definition) is 3. The number of nitrogens with zero attached hydrogens (tertiary/aromatic N) is 3. The maximum atomic E-state index is 12.8. The summed E-state index contributed by atoms with van der Waals surface area (Å²) < 4.78 is 5.19. The molecule has 0 aliphatic heterocycles. The van der Waals surface area contributed by atoms with Crippen LogP contribution in [0.15, 0.2) is 60.5 Å². The molecule has 7 heteroatoms. The lowest BCUT2D eigenvalue weighted by Crippen LogP contribution is -2.27. The fourth-order valence-electron chi connectivity index (χ4n) is 3.08. The van der Waals surface area contributed by atoms with Crippen LogP contribution in [0.5, 0.6) is 0 Å². The zero-order valence-electron chi connectivity index (χ0n) is 14.6. The molecule has 0 unspecified atom stereocenters. The number of rotatable bonds is 7. The lowest BCUT2D eigenvalue weighted by molar-refractivity contribution is 0.0944. The Morgan fingerprint density at radius 2 is 2.07 bits per heavy atom. The van der Waals surface area contributed by atoms with Gasteiger partial charge in [-0.15, -0.1) is 11.3 Å². The van der Waals surface area contributed by atoms with E-state index in [4.69, 9.17) is 11.6 Å².